The lowest BCUT2D eigenvalue weighted by molar-refractivity contribution is -0.139. The zero-order valence-electron chi connectivity index (χ0n) is 15.6. The van der Waals surface area contributed by atoms with Gasteiger partial charge in [0.25, 0.3) is 5.91 Å². The number of ether oxygens (including phenoxy) is 1. The Balaban J connectivity index is 1.89. The SMILES string of the molecule is CC[C@@H]1Cc2c(Cl)cc(C(=O)NC(Cc3ccccc3)C(=O)O)c(O)c2C(=O)O1. The molecule has 1 unspecified atom stereocenters. The second-order valence-electron chi connectivity index (χ2n) is 6.80. The predicted octanol–water partition coefficient (Wildman–Crippen LogP) is 2.96. The number of hydrogen-bond donors (Lipinski definition) is 3. The number of nitrogens with one attached hydrogen (secondary N) is 1. The molecule has 7 nitrogen and oxygen atoms in total. The van der Waals surface area contributed by atoms with Gasteiger partial charge in [0.15, 0.2) is 0 Å². The highest BCUT2D eigenvalue weighted by atomic mass is 35.5. The van der Waals surface area contributed by atoms with Crippen LogP contribution in [0, 0.1) is 0 Å². The summed E-state index contributed by atoms with van der Waals surface area (Å²) >= 11 is 6.26. The van der Waals surface area contributed by atoms with Crippen molar-refractivity contribution in [2.75, 3.05) is 0 Å². The van der Waals surface area contributed by atoms with Crippen LogP contribution >= 0.6 is 11.6 Å². The summed E-state index contributed by atoms with van der Waals surface area (Å²) in [4.78, 5) is 36.6. The zero-order chi connectivity index (χ0) is 21.1. The van der Waals surface area contributed by atoms with E-state index < -0.39 is 29.6 Å². The molecule has 152 valence electrons. The van der Waals surface area contributed by atoms with E-state index in [1.54, 1.807) is 30.3 Å². The summed E-state index contributed by atoms with van der Waals surface area (Å²) < 4.78 is 5.25. The van der Waals surface area contributed by atoms with Gasteiger partial charge in [-0.25, -0.2) is 9.59 Å². The molecule has 0 spiro atoms. The van der Waals surface area contributed by atoms with Crippen LogP contribution in [0.5, 0.6) is 5.75 Å². The van der Waals surface area contributed by atoms with Crippen molar-refractivity contribution in [1.82, 2.24) is 5.32 Å². The number of carboxylic acids is 1. The fourth-order valence-corrected chi connectivity index (χ4v) is 3.55. The summed E-state index contributed by atoms with van der Waals surface area (Å²) in [6.45, 7) is 1.86. The monoisotopic (exact) mass is 417 g/mol. The van der Waals surface area contributed by atoms with Crippen molar-refractivity contribution in [3.8, 4) is 5.75 Å². The number of phenolic OH excluding ortho intramolecular Hbond substituents is 1. The number of carboxylic acid groups (broad SMARTS) is 1. The van der Waals surface area contributed by atoms with Crippen LogP contribution in [0.15, 0.2) is 36.4 Å². The highest BCUT2D eigenvalue weighted by Crippen LogP contribution is 2.37. The van der Waals surface area contributed by atoms with Gasteiger partial charge in [0.05, 0.1) is 5.56 Å². The van der Waals surface area contributed by atoms with Crippen LogP contribution in [-0.2, 0) is 22.4 Å². The maximum atomic E-state index is 12.7. The molecule has 0 aliphatic carbocycles. The van der Waals surface area contributed by atoms with E-state index in [1.807, 2.05) is 6.92 Å². The predicted molar refractivity (Wildman–Crippen MR) is 105 cm³/mol. The lowest BCUT2D eigenvalue weighted by atomic mass is 9.93. The third-order valence-corrected chi connectivity index (χ3v) is 5.19. The Labute approximate surface area is 172 Å². The number of aromatic hydroxyl groups is 1. The first-order valence-corrected chi connectivity index (χ1v) is 9.52. The summed E-state index contributed by atoms with van der Waals surface area (Å²) in [5.74, 6) is -3.39. The molecule has 8 heteroatoms. The molecule has 0 aromatic heterocycles. The van der Waals surface area contributed by atoms with E-state index in [4.69, 9.17) is 16.3 Å². The number of benzene rings is 2. The molecule has 0 saturated carbocycles. The van der Waals surface area contributed by atoms with Gasteiger partial charge in [0.2, 0.25) is 0 Å². The summed E-state index contributed by atoms with van der Waals surface area (Å²) in [6.07, 6.45) is 0.623. The van der Waals surface area contributed by atoms with Gasteiger partial charge >= 0.3 is 11.9 Å². The first kappa shape index (κ1) is 20.7. The second kappa shape index (κ2) is 8.53. The standard InChI is InChI=1S/C21H20ClNO6/c1-2-12-9-13-15(22)10-14(18(24)17(13)21(28)29-12)19(25)23-16(20(26)27)8-11-6-4-3-5-7-11/h3-7,10,12,16,24H,2,8-9H2,1H3,(H,23,25)(H,26,27)/t12-,16?/m1/s1. The van der Waals surface area contributed by atoms with Crippen molar-refractivity contribution in [1.29, 1.82) is 0 Å². The molecule has 2 atom stereocenters. The van der Waals surface area contributed by atoms with E-state index >= 15 is 0 Å². The summed E-state index contributed by atoms with van der Waals surface area (Å²) in [5.41, 5.74) is 0.715. The molecule has 3 rings (SSSR count). The van der Waals surface area contributed by atoms with E-state index in [0.29, 0.717) is 18.4 Å². The Hall–Kier alpha value is -3.06. The van der Waals surface area contributed by atoms with Gasteiger partial charge in [0.1, 0.15) is 23.5 Å². The molecule has 1 amide bonds. The molecule has 1 aliphatic heterocycles. The Morgan fingerprint density at radius 2 is 2.00 bits per heavy atom. The topological polar surface area (TPSA) is 113 Å². The number of amides is 1. The van der Waals surface area contributed by atoms with Crippen LogP contribution in [0.25, 0.3) is 0 Å². The summed E-state index contributed by atoms with van der Waals surface area (Å²) in [6, 6.07) is 8.84. The number of fused-ring (bicyclic) bond motifs is 1. The summed E-state index contributed by atoms with van der Waals surface area (Å²) in [7, 11) is 0. The molecule has 0 saturated heterocycles. The molecular weight excluding hydrogens is 398 g/mol. The average Bonchev–Trinajstić information content (AvgIpc) is 2.70. The van der Waals surface area contributed by atoms with Gasteiger partial charge in [-0.15, -0.1) is 0 Å². The van der Waals surface area contributed by atoms with E-state index in [-0.39, 0.29) is 28.7 Å². The van der Waals surface area contributed by atoms with Crippen LogP contribution in [0.1, 0.15) is 45.2 Å². The zero-order valence-corrected chi connectivity index (χ0v) is 16.4. The van der Waals surface area contributed by atoms with Crippen molar-refractivity contribution in [3.63, 3.8) is 0 Å². The van der Waals surface area contributed by atoms with Crippen LogP contribution < -0.4 is 5.32 Å². The maximum absolute atomic E-state index is 12.7. The largest absolute Gasteiger partial charge is 0.506 e. The fraction of sp³-hybridized carbons (Fsp3) is 0.286. The number of rotatable bonds is 6. The Kier molecular flexibility index (Phi) is 6.08. The van der Waals surface area contributed by atoms with Gasteiger partial charge in [-0.05, 0) is 23.6 Å². The highest BCUT2D eigenvalue weighted by molar-refractivity contribution is 6.32. The van der Waals surface area contributed by atoms with Gasteiger partial charge < -0.3 is 20.3 Å². The molecule has 1 aliphatic rings. The number of cyclic esters (lactones) is 1. The van der Waals surface area contributed by atoms with Crippen LogP contribution in [0.4, 0.5) is 0 Å². The van der Waals surface area contributed by atoms with Gasteiger partial charge in [0, 0.05) is 17.9 Å². The molecular formula is C21H20ClNO6. The van der Waals surface area contributed by atoms with Crippen molar-refractivity contribution in [2.45, 2.75) is 38.3 Å². The minimum absolute atomic E-state index is 0.0571. The third kappa shape index (κ3) is 4.35. The van der Waals surface area contributed by atoms with Gasteiger partial charge in [-0.1, -0.05) is 48.9 Å². The molecule has 29 heavy (non-hydrogen) atoms. The molecule has 0 radical (unpaired) electrons. The van der Waals surface area contributed by atoms with Crippen LogP contribution in [0.3, 0.4) is 0 Å². The van der Waals surface area contributed by atoms with Crippen LogP contribution in [0.2, 0.25) is 5.02 Å². The number of carbonyl (C=O) groups excluding carboxylic acids is 2. The number of hydrogen-bond acceptors (Lipinski definition) is 5. The maximum Gasteiger partial charge on any atom is 0.342 e. The number of halogens is 1. The van der Waals surface area contributed by atoms with Gasteiger partial charge in [-0.2, -0.15) is 0 Å². The minimum atomic E-state index is -1.23. The quantitative estimate of drug-likeness (QED) is 0.623. The van der Waals surface area contributed by atoms with E-state index in [0.717, 1.165) is 5.56 Å². The first-order chi connectivity index (χ1) is 13.8. The lowest BCUT2D eigenvalue weighted by Crippen LogP contribution is -2.42. The molecule has 2 aromatic rings. The number of aliphatic carboxylic acids is 1. The first-order valence-electron chi connectivity index (χ1n) is 9.14. The van der Waals surface area contributed by atoms with Crippen molar-refractivity contribution in [3.05, 3.63) is 63.7 Å². The molecule has 0 bridgehead atoms. The van der Waals surface area contributed by atoms with E-state index in [9.17, 15) is 24.6 Å². The molecule has 3 N–H and O–H groups in total. The van der Waals surface area contributed by atoms with Crippen LogP contribution in [-0.4, -0.2) is 40.2 Å². The molecule has 0 fully saturated rings. The van der Waals surface area contributed by atoms with Crippen molar-refractivity contribution < 1.29 is 29.3 Å². The number of esters is 1. The normalized spacial score (nSPS) is 16.5. The van der Waals surface area contributed by atoms with E-state index in [1.165, 1.54) is 6.07 Å². The Bertz CT molecular complexity index is 959. The number of phenols is 1. The second-order valence-corrected chi connectivity index (χ2v) is 7.21. The molecule has 1 heterocycles. The smallest absolute Gasteiger partial charge is 0.342 e. The fourth-order valence-electron chi connectivity index (χ4n) is 3.26. The lowest BCUT2D eigenvalue weighted by Gasteiger charge is -2.26. The minimum Gasteiger partial charge on any atom is -0.506 e. The Morgan fingerprint density at radius 3 is 2.62 bits per heavy atom. The van der Waals surface area contributed by atoms with Crippen molar-refractivity contribution >= 4 is 29.4 Å². The highest BCUT2D eigenvalue weighted by Gasteiger charge is 2.33. The third-order valence-electron chi connectivity index (χ3n) is 4.85. The number of carbonyl (C=O) groups is 3. The van der Waals surface area contributed by atoms with E-state index in [2.05, 4.69) is 5.32 Å². The average molecular weight is 418 g/mol. The van der Waals surface area contributed by atoms with Gasteiger partial charge in [-0.3, -0.25) is 4.79 Å². The summed E-state index contributed by atoms with van der Waals surface area (Å²) in [5, 5.41) is 22.5. The van der Waals surface area contributed by atoms with Crippen molar-refractivity contribution in [2.24, 2.45) is 0 Å². The Morgan fingerprint density at radius 1 is 1.31 bits per heavy atom. The molecule has 2 aromatic carbocycles.